The smallest absolute Gasteiger partial charge is 0.159 e. The molecule has 0 aliphatic rings. The number of hydrogen-bond acceptors (Lipinski definition) is 2. The van der Waals surface area contributed by atoms with Gasteiger partial charge in [0.2, 0.25) is 0 Å². The summed E-state index contributed by atoms with van der Waals surface area (Å²) in [4.78, 5) is 4.57. The van der Waals surface area contributed by atoms with Crippen LogP contribution in [0.3, 0.4) is 0 Å². The van der Waals surface area contributed by atoms with E-state index < -0.39 is 0 Å². The van der Waals surface area contributed by atoms with Gasteiger partial charge in [0.15, 0.2) is 5.65 Å². The molecule has 1 aromatic carbocycles. The average Bonchev–Trinajstić information content (AvgIpc) is 2.75. The Morgan fingerprint density at radius 2 is 1.65 bits per heavy atom. The lowest BCUT2D eigenvalue weighted by atomic mass is 10.1. The molecule has 0 N–H and O–H groups in total. The van der Waals surface area contributed by atoms with Crippen LogP contribution in [0.15, 0.2) is 24.3 Å². The number of benzene rings is 1. The molecule has 0 aliphatic carbocycles. The maximum absolute atomic E-state index is 6.26. The van der Waals surface area contributed by atoms with Crippen molar-refractivity contribution < 1.29 is 0 Å². The predicted molar refractivity (Wildman–Crippen MR) is 82.4 cm³/mol. The summed E-state index contributed by atoms with van der Waals surface area (Å²) >= 11 is 6.26. The highest BCUT2D eigenvalue weighted by molar-refractivity contribution is 6.31. The molecule has 0 atom stereocenters. The summed E-state index contributed by atoms with van der Waals surface area (Å²) in [6, 6.07) is 8.37. The van der Waals surface area contributed by atoms with Gasteiger partial charge in [-0.15, -0.1) is 0 Å². The highest BCUT2D eigenvalue weighted by Crippen LogP contribution is 2.28. The van der Waals surface area contributed by atoms with Gasteiger partial charge in [0.05, 0.1) is 22.1 Å². The molecule has 0 spiro atoms. The van der Waals surface area contributed by atoms with Crippen LogP contribution in [0.25, 0.3) is 16.9 Å². The molecule has 3 aromatic rings. The van der Waals surface area contributed by atoms with Gasteiger partial charge >= 0.3 is 0 Å². The van der Waals surface area contributed by atoms with E-state index >= 15 is 0 Å². The molecule has 2 heterocycles. The highest BCUT2D eigenvalue weighted by Gasteiger charge is 2.16. The van der Waals surface area contributed by atoms with E-state index in [1.807, 2.05) is 18.4 Å². The van der Waals surface area contributed by atoms with E-state index in [2.05, 4.69) is 48.2 Å². The van der Waals surface area contributed by atoms with Gasteiger partial charge in [-0.05, 0) is 27.7 Å². The molecule has 3 rings (SSSR count). The topological polar surface area (TPSA) is 30.2 Å². The largest absolute Gasteiger partial charge is 0.232 e. The SMILES string of the molecule is Cc1ccc(-c2nn3c(C)c(Cl)c(C)nc3c2C)cc1. The summed E-state index contributed by atoms with van der Waals surface area (Å²) < 4.78 is 1.83. The molecule has 0 aliphatic heterocycles. The van der Waals surface area contributed by atoms with Gasteiger partial charge in [0.1, 0.15) is 0 Å². The maximum atomic E-state index is 6.26. The van der Waals surface area contributed by atoms with E-state index in [0.717, 1.165) is 33.9 Å². The van der Waals surface area contributed by atoms with Crippen molar-refractivity contribution in [2.45, 2.75) is 27.7 Å². The summed E-state index contributed by atoms with van der Waals surface area (Å²) in [6.07, 6.45) is 0. The number of fused-ring (bicyclic) bond motifs is 1. The molecule has 0 radical (unpaired) electrons. The number of hydrogen-bond donors (Lipinski definition) is 0. The summed E-state index contributed by atoms with van der Waals surface area (Å²) in [7, 11) is 0. The summed E-state index contributed by atoms with van der Waals surface area (Å²) in [6.45, 7) is 8.02. The number of rotatable bonds is 1. The minimum Gasteiger partial charge on any atom is -0.232 e. The van der Waals surface area contributed by atoms with E-state index in [9.17, 15) is 0 Å². The molecule has 20 heavy (non-hydrogen) atoms. The first kappa shape index (κ1) is 13.1. The minimum absolute atomic E-state index is 0.676. The quantitative estimate of drug-likeness (QED) is 0.668. The number of halogens is 1. The second-order valence-corrected chi connectivity index (χ2v) is 5.55. The lowest BCUT2D eigenvalue weighted by Crippen LogP contribution is -1.99. The third-order valence-corrected chi connectivity index (χ3v) is 4.19. The zero-order chi connectivity index (χ0) is 14.4. The van der Waals surface area contributed by atoms with Crippen molar-refractivity contribution in [2.24, 2.45) is 0 Å². The molecular formula is C16H16ClN3. The molecule has 102 valence electrons. The lowest BCUT2D eigenvalue weighted by Gasteiger charge is -2.04. The van der Waals surface area contributed by atoms with E-state index in [1.165, 1.54) is 5.56 Å². The van der Waals surface area contributed by atoms with Crippen molar-refractivity contribution >= 4 is 17.2 Å². The van der Waals surface area contributed by atoms with Crippen molar-refractivity contribution in [3.05, 3.63) is 51.8 Å². The van der Waals surface area contributed by atoms with Crippen LogP contribution in [0.5, 0.6) is 0 Å². The van der Waals surface area contributed by atoms with Gasteiger partial charge in [-0.2, -0.15) is 5.10 Å². The standard InChI is InChI=1S/C16H16ClN3/c1-9-5-7-13(8-6-9)15-10(2)16-18-11(3)14(17)12(4)20(16)19-15/h5-8H,1-4H3. The summed E-state index contributed by atoms with van der Waals surface area (Å²) in [5, 5.41) is 5.36. The molecule has 0 amide bonds. The van der Waals surface area contributed by atoms with Crippen LogP contribution < -0.4 is 0 Å². The van der Waals surface area contributed by atoms with Gasteiger partial charge in [-0.25, -0.2) is 9.50 Å². The van der Waals surface area contributed by atoms with Gasteiger partial charge in [0, 0.05) is 11.1 Å². The first-order valence-electron chi connectivity index (χ1n) is 6.58. The maximum Gasteiger partial charge on any atom is 0.159 e. The Hall–Kier alpha value is -1.87. The molecule has 0 saturated heterocycles. The molecule has 3 nitrogen and oxygen atoms in total. The van der Waals surface area contributed by atoms with E-state index in [-0.39, 0.29) is 0 Å². The molecule has 0 fully saturated rings. The second kappa shape index (κ2) is 4.60. The van der Waals surface area contributed by atoms with Crippen LogP contribution in [-0.2, 0) is 0 Å². The van der Waals surface area contributed by atoms with Crippen LogP contribution in [0, 0.1) is 27.7 Å². The Labute approximate surface area is 123 Å². The van der Waals surface area contributed by atoms with Gasteiger partial charge in [-0.3, -0.25) is 0 Å². The Kier molecular flexibility index (Phi) is 3.02. The van der Waals surface area contributed by atoms with E-state index in [4.69, 9.17) is 11.6 Å². The van der Waals surface area contributed by atoms with E-state index in [0.29, 0.717) is 5.02 Å². The fraction of sp³-hybridized carbons (Fsp3) is 0.250. The predicted octanol–water partition coefficient (Wildman–Crippen LogP) is 4.28. The van der Waals surface area contributed by atoms with Crippen molar-refractivity contribution in [1.82, 2.24) is 14.6 Å². The van der Waals surface area contributed by atoms with Crippen molar-refractivity contribution in [1.29, 1.82) is 0 Å². The fourth-order valence-corrected chi connectivity index (χ4v) is 2.52. The zero-order valence-corrected chi connectivity index (χ0v) is 12.8. The second-order valence-electron chi connectivity index (χ2n) is 5.17. The fourth-order valence-electron chi connectivity index (χ4n) is 2.40. The Morgan fingerprint density at radius 1 is 1.00 bits per heavy atom. The van der Waals surface area contributed by atoms with Crippen molar-refractivity contribution in [2.75, 3.05) is 0 Å². The van der Waals surface area contributed by atoms with Crippen LogP contribution in [0.4, 0.5) is 0 Å². The van der Waals surface area contributed by atoms with Gasteiger partial charge < -0.3 is 0 Å². The molecule has 4 heteroatoms. The van der Waals surface area contributed by atoms with Crippen LogP contribution in [0.1, 0.15) is 22.5 Å². The highest BCUT2D eigenvalue weighted by atomic mass is 35.5. The number of aromatic nitrogens is 3. The van der Waals surface area contributed by atoms with Crippen molar-refractivity contribution in [3.63, 3.8) is 0 Å². The van der Waals surface area contributed by atoms with Gasteiger partial charge in [0.25, 0.3) is 0 Å². The van der Waals surface area contributed by atoms with Crippen LogP contribution >= 0.6 is 11.6 Å². The first-order chi connectivity index (χ1) is 9.49. The monoisotopic (exact) mass is 285 g/mol. The molecule has 0 bridgehead atoms. The third kappa shape index (κ3) is 1.90. The molecular weight excluding hydrogens is 270 g/mol. The Bertz CT molecular complexity index is 801. The number of nitrogens with zero attached hydrogens (tertiary/aromatic N) is 3. The van der Waals surface area contributed by atoms with Crippen LogP contribution in [-0.4, -0.2) is 14.6 Å². The first-order valence-corrected chi connectivity index (χ1v) is 6.96. The average molecular weight is 286 g/mol. The minimum atomic E-state index is 0.676. The number of aryl methyl sites for hydroxylation is 4. The van der Waals surface area contributed by atoms with E-state index in [1.54, 1.807) is 0 Å². The molecule has 0 unspecified atom stereocenters. The van der Waals surface area contributed by atoms with Gasteiger partial charge in [-0.1, -0.05) is 41.4 Å². The zero-order valence-electron chi connectivity index (χ0n) is 12.0. The van der Waals surface area contributed by atoms with Crippen LogP contribution in [0.2, 0.25) is 5.02 Å². The molecule has 0 saturated carbocycles. The normalized spacial score (nSPS) is 11.2. The Morgan fingerprint density at radius 3 is 2.30 bits per heavy atom. The lowest BCUT2D eigenvalue weighted by molar-refractivity contribution is 0.889. The van der Waals surface area contributed by atoms with Crippen molar-refractivity contribution in [3.8, 4) is 11.3 Å². The summed E-state index contributed by atoms with van der Waals surface area (Å²) in [5.41, 5.74) is 7.03. The summed E-state index contributed by atoms with van der Waals surface area (Å²) in [5.74, 6) is 0. The molecule has 2 aromatic heterocycles. The Balaban J connectivity index is 2.31. The third-order valence-electron chi connectivity index (χ3n) is 3.64.